The van der Waals surface area contributed by atoms with Gasteiger partial charge in [-0.25, -0.2) is 0 Å². The van der Waals surface area contributed by atoms with Gasteiger partial charge in [0, 0.05) is 6.04 Å². The molecule has 1 aliphatic rings. The van der Waals surface area contributed by atoms with Gasteiger partial charge in [-0.05, 0) is 30.5 Å². The summed E-state index contributed by atoms with van der Waals surface area (Å²) in [6, 6.07) is 9.68. The fraction of sp³-hybridized carbons (Fsp3) is 0.462. The van der Waals surface area contributed by atoms with Gasteiger partial charge in [0.15, 0.2) is 0 Å². The number of aliphatic hydroxyl groups excluding tert-OH is 1. The van der Waals surface area contributed by atoms with E-state index in [1.54, 1.807) is 6.07 Å². The topological polar surface area (TPSA) is 65.3 Å². The summed E-state index contributed by atoms with van der Waals surface area (Å²) in [5.74, 6) is 0.689. The molecule has 4 nitrogen and oxygen atoms in total. The standard InChI is InChI=1S/C13H16N2O2/c14-7-12(15-11-4-5-11)9-17-13-3-1-2-10(6-13)8-16/h1-3,6,11-12,15-16H,4-5,8-9H2. The maximum absolute atomic E-state index is 8.99. The molecular formula is C13H16N2O2. The summed E-state index contributed by atoms with van der Waals surface area (Å²) in [5, 5.41) is 21.1. The monoisotopic (exact) mass is 232 g/mol. The van der Waals surface area contributed by atoms with Crippen molar-refractivity contribution in [2.45, 2.75) is 31.5 Å². The molecule has 1 fully saturated rings. The van der Waals surface area contributed by atoms with Gasteiger partial charge in [0.2, 0.25) is 0 Å². The second-order valence-electron chi connectivity index (χ2n) is 4.24. The number of nitrogens with zero attached hydrogens (tertiary/aromatic N) is 1. The van der Waals surface area contributed by atoms with Crippen LogP contribution in [-0.4, -0.2) is 23.8 Å². The van der Waals surface area contributed by atoms with Crippen molar-refractivity contribution in [1.82, 2.24) is 5.32 Å². The SMILES string of the molecule is N#CC(COc1cccc(CO)c1)NC1CC1. The van der Waals surface area contributed by atoms with Gasteiger partial charge in [-0.15, -0.1) is 0 Å². The van der Waals surface area contributed by atoms with Crippen LogP contribution in [0.25, 0.3) is 0 Å². The Balaban J connectivity index is 1.84. The molecule has 17 heavy (non-hydrogen) atoms. The highest BCUT2D eigenvalue weighted by molar-refractivity contribution is 5.28. The van der Waals surface area contributed by atoms with E-state index in [-0.39, 0.29) is 12.6 Å². The average molecular weight is 232 g/mol. The van der Waals surface area contributed by atoms with Gasteiger partial charge in [-0.1, -0.05) is 12.1 Å². The van der Waals surface area contributed by atoms with Gasteiger partial charge in [0.25, 0.3) is 0 Å². The molecule has 0 radical (unpaired) electrons. The van der Waals surface area contributed by atoms with Crippen LogP contribution in [0.15, 0.2) is 24.3 Å². The molecule has 2 rings (SSSR count). The Morgan fingerprint density at radius 3 is 3.00 bits per heavy atom. The van der Waals surface area contributed by atoms with Crippen LogP contribution in [0.4, 0.5) is 0 Å². The zero-order valence-electron chi connectivity index (χ0n) is 9.60. The van der Waals surface area contributed by atoms with Gasteiger partial charge in [-0.2, -0.15) is 5.26 Å². The number of nitriles is 1. The van der Waals surface area contributed by atoms with Gasteiger partial charge in [-0.3, -0.25) is 5.32 Å². The Morgan fingerprint density at radius 1 is 1.53 bits per heavy atom. The van der Waals surface area contributed by atoms with Crippen molar-refractivity contribution in [1.29, 1.82) is 5.26 Å². The summed E-state index contributed by atoms with van der Waals surface area (Å²) in [6.45, 7) is 0.334. The lowest BCUT2D eigenvalue weighted by atomic mass is 10.2. The molecule has 1 aromatic rings. The molecule has 0 spiro atoms. The van der Waals surface area contributed by atoms with Crippen LogP contribution in [0.1, 0.15) is 18.4 Å². The van der Waals surface area contributed by atoms with Crippen LogP contribution >= 0.6 is 0 Å². The fourth-order valence-electron chi connectivity index (χ4n) is 1.57. The molecule has 1 aliphatic carbocycles. The second kappa shape index (κ2) is 5.67. The van der Waals surface area contributed by atoms with E-state index in [9.17, 15) is 0 Å². The minimum Gasteiger partial charge on any atom is -0.491 e. The van der Waals surface area contributed by atoms with Crippen molar-refractivity contribution in [2.75, 3.05) is 6.61 Å². The minimum atomic E-state index is -0.264. The molecule has 4 heteroatoms. The van der Waals surface area contributed by atoms with Crippen molar-refractivity contribution in [3.63, 3.8) is 0 Å². The van der Waals surface area contributed by atoms with Crippen LogP contribution in [0, 0.1) is 11.3 Å². The van der Waals surface area contributed by atoms with Crippen molar-refractivity contribution < 1.29 is 9.84 Å². The summed E-state index contributed by atoms with van der Waals surface area (Å²) in [7, 11) is 0. The van der Waals surface area contributed by atoms with Gasteiger partial charge >= 0.3 is 0 Å². The Morgan fingerprint density at radius 2 is 2.35 bits per heavy atom. The van der Waals surface area contributed by atoms with E-state index in [1.165, 1.54) is 0 Å². The smallest absolute Gasteiger partial charge is 0.130 e. The third kappa shape index (κ3) is 3.74. The first-order valence-corrected chi connectivity index (χ1v) is 5.80. The normalized spacial score (nSPS) is 16.2. The van der Waals surface area contributed by atoms with Crippen molar-refractivity contribution in [2.24, 2.45) is 0 Å². The molecule has 0 bridgehead atoms. The molecule has 1 atom stereocenters. The van der Waals surface area contributed by atoms with E-state index in [1.807, 2.05) is 18.2 Å². The van der Waals surface area contributed by atoms with E-state index in [0.717, 1.165) is 18.4 Å². The highest BCUT2D eigenvalue weighted by Crippen LogP contribution is 2.19. The maximum Gasteiger partial charge on any atom is 0.130 e. The highest BCUT2D eigenvalue weighted by atomic mass is 16.5. The van der Waals surface area contributed by atoms with Crippen LogP contribution in [-0.2, 0) is 6.61 Å². The first kappa shape index (κ1) is 11.9. The lowest BCUT2D eigenvalue weighted by Crippen LogP contribution is -2.34. The van der Waals surface area contributed by atoms with Crippen molar-refractivity contribution in [3.8, 4) is 11.8 Å². The molecule has 1 unspecified atom stereocenters. The maximum atomic E-state index is 8.99. The summed E-state index contributed by atoms with van der Waals surface area (Å²) >= 11 is 0. The first-order valence-electron chi connectivity index (χ1n) is 5.80. The predicted molar refractivity (Wildman–Crippen MR) is 63.4 cm³/mol. The van der Waals surface area contributed by atoms with Crippen LogP contribution in [0.5, 0.6) is 5.75 Å². The Kier molecular flexibility index (Phi) is 3.97. The van der Waals surface area contributed by atoms with Crippen LogP contribution in [0.2, 0.25) is 0 Å². The summed E-state index contributed by atoms with van der Waals surface area (Å²) < 4.78 is 5.53. The number of nitrogens with one attached hydrogen (secondary N) is 1. The van der Waals surface area contributed by atoms with Gasteiger partial charge < -0.3 is 9.84 Å². The lowest BCUT2D eigenvalue weighted by molar-refractivity contribution is 0.275. The van der Waals surface area contributed by atoms with E-state index >= 15 is 0 Å². The van der Waals surface area contributed by atoms with Gasteiger partial charge in [0.05, 0.1) is 12.7 Å². The van der Waals surface area contributed by atoms with Crippen molar-refractivity contribution >= 4 is 0 Å². The molecule has 1 aromatic carbocycles. The molecule has 1 saturated carbocycles. The third-order valence-electron chi connectivity index (χ3n) is 2.67. The summed E-state index contributed by atoms with van der Waals surface area (Å²) in [6.07, 6.45) is 2.30. The van der Waals surface area contributed by atoms with E-state index in [0.29, 0.717) is 18.4 Å². The molecule has 0 amide bonds. The summed E-state index contributed by atoms with van der Waals surface area (Å²) in [5.41, 5.74) is 0.811. The van der Waals surface area contributed by atoms with Crippen molar-refractivity contribution in [3.05, 3.63) is 29.8 Å². The molecule has 0 heterocycles. The Labute approximate surface area is 101 Å². The second-order valence-corrected chi connectivity index (χ2v) is 4.24. The number of hydrogen-bond donors (Lipinski definition) is 2. The lowest BCUT2D eigenvalue weighted by Gasteiger charge is -2.12. The largest absolute Gasteiger partial charge is 0.491 e. The van der Waals surface area contributed by atoms with Crippen LogP contribution < -0.4 is 10.1 Å². The Hall–Kier alpha value is -1.57. The average Bonchev–Trinajstić information content (AvgIpc) is 3.18. The predicted octanol–water partition coefficient (Wildman–Crippen LogP) is 1.20. The molecule has 2 N–H and O–H groups in total. The van der Waals surface area contributed by atoms with Crippen LogP contribution in [0.3, 0.4) is 0 Å². The molecule has 0 aromatic heterocycles. The number of rotatable bonds is 6. The molecule has 0 aliphatic heterocycles. The molecule has 0 saturated heterocycles. The van der Waals surface area contributed by atoms with E-state index in [2.05, 4.69) is 11.4 Å². The zero-order valence-corrected chi connectivity index (χ0v) is 9.60. The summed E-state index contributed by atoms with van der Waals surface area (Å²) in [4.78, 5) is 0. The zero-order chi connectivity index (χ0) is 12.1. The highest BCUT2D eigenvalue weighted by Gasteiger charge is 2.24. The quantitative estimate of drug-likeness (QED) is 0.773. The number of hydrogen-bond acceptors (Lipinski definition) is 4. The number of ether oxygens (including phenoxy) is 1. The number of benzene rings is 1. The Bertz CT molecular complexity index is 410. The number of aliphatic hydroxyl groups is 1. The molecular weight excluding hydrogens is 216 g/mol. The molecule has 90 valence electrons. The third-order valence-corrected chi connectivity index (χ3v) is 2.67. The van der Waals surface area contributed by atoms with Gasteiger partial charge in [0.1, 0.15) is 18.4 Å². The minimum absolute atomic E-state index is 0.000791. The van der Waals surface area contributed by atoms with E-state index < -0.39 is 0 Å². The fourth-order valence-corrected chi connectivity index (χ4v) is 1.57. The van der Waals surface area contributed by atoms with E-state index in [4.69, 9.17) is 15.1 Å². The first-order chi connectivity index (χ1) is 8.31.